The van der Waals surface area contributed by atoms with Crippen LogP contribution in [-0.4, -0.2) is 9.97 Å². The Morgan fingerprint density at radius 2 is 1.67 bits per heavy atom. The monoisotopic (exact) mass is 249 g/mol. The van der Waals surface area contributed by atoms with E-state index in [0.717, 1.165) is 0 Å². The second-order valence-corrected chi connectivity index (χ2v) is 5.45. The molecule has 1 unspecified atom stereocenters. The number of unbranched alkanes of at least 4 members (excludes halogenated alkanes) is 3. The highest BCUT2D eigenvalue weighted by Gasteiger charge is 2.25. The molecule has 0 aliphatic carbocycles. The van der Waals surface area contributed by atoms with Crippen LogP contribution in [0.3, 0.4) is 0 Å². The zero-order valence-electron chi connectivity index (χ0n) is 12.1. The molecule has 0 saturated carbocycles. The summed E-state index contributed by atoms with van der Waals surface area (Å²) >= 11 is 0. The fourth-order valence-corrected chi connectivity index (χ4v) is 2.56. The predicted octanol–water partition coefficient (Wildman–Crippen LogP) is 4.09. The second kappa shape index (κ2) is 7.34. The van der Waals surface area contributed by atoms with E-state index in [0.29, 0.717) is 5.95 Å². The lowest BCUT2D eigenvalue weighted by atomic mass is 9.76. The van der Waals surface area contributed by atoms with Crippen LogP contribution >= 0.6 is 0 Å². The van der Waals surface area contributed by atoms with Gasteiger partial charge in [0.2, 0.25) is 5.95 Å². The van der Waals surface area contributed by atoms with Crippen LogP contribution in [0.25, 0.3) is 0 Å². The summed E-state index contributed by atoms with van der Waals surface area (Å²) in [5.74, 6) is 0.364. The van der Waals surface area contributed by atoms with Crippen LogP contribution in [0.5, 0.6) is 0 Å². The van der Waals surface area contributed by atoms with Crippen molar-refractivity contribution in [1.82, 2.24) is 9.97 Å². The zero-order chi connectivity index (χ0) is 13.4. The molecule has 0 aliphatic rings. The Morgan fingerprint density at radius 3 is 2.22 bits per heavy atom. The van der Waals surface area contributed by atoms with Gasteiger partial charge in [0.05, 0.1) is 0 Å². The molecule has 0 spiro atoms. The van der Waals surface area contributed by atoms with Gasteiger partial charge in [-0.2, -0.15) is 0 Å². The van der Waals surface area contributed by atoms with E-state index in [1.54, 1.807) is 0 Å². The summed E-state index contributed by atoms with van der Waals surface area (Å²) in [4.78, 5) is 8.28. The van der Waals surface area contributed by atoms with Crippen LogP contribution in [0.4, 0.5) is 5.95 Å². The maximum absolute atomic E-state index is 5.56. The van der Waals surface area contributed by atoms with E-state index in [2.05, 4.69) is 30.7 Å². The molecule has 0 amide bonds. The quantitative estimate of drug-likeness (QED) is 0.706. The molecule has 0 fully saturated rings. The maximum atomic E-state index is 5.56. The number of rotatable bonds is 8. The van der Waals surface area contributed by atoms with E-state index in [-0.39, 0.29) is 5.41 Å². The van der Waals surface area contributed by atoms with Gasteiger partial charge in [-0.15, -0.1) is 0 Å². The molecular formula is C15H27N3. The fourth-order valence-electron chi connectivity index (χ4n) is 2.56. The van der Waals surface area contributed by atoms with Crippen molar-refractivity contribution in [2.45, 2.75) is 71.1 Å². The summed E-state index contributed by atoms with van der Waals surface area (Å²) < 4.78 is 0. The molecule has 1 atom stereocenters. The summed E-state index contributed by atoms with van der Waals surface area (Å²) in [5.41, 5.74) is 7.00. The van der Waals surface area contributed by atoms with Gasteiger partial charge in [0.15, 0.2) is 0 Å². The van der Waals surface area contributed by atoms with Crippen molar-refractivity contribution in [2.75, 3.05) is 5.73 Å². The standard InChI is InChI=1S/C15H27N3/c1-4-6-7-8-10-15(3,9-5-2)13-11-17-14(16)18-12-13/h11-12H,4-10H2,1-3H3,(H2,16,17,18). The minimum Gasteiger partial charge on any atom is -0.368 e. The molecule has 0 saturated heterocycles. The topological polar surface area (TPSA) is 51.8 Å². The van der Waals surface area contributed by atoms with Gasteiger partial charge in [-0.25, -0.2) is 9.97 Å². The highest BCUT2D eigenvalue weighted by molar-refractivity contribution is 5.23. The van der Waals surface area contributed by atoms with Crippen molar-refractivity contribution < 1.29 is 0 Å². The number of nitrogens with zero attached hydrogens (tertiary/aromatic N) is 2. The van der Waals surface area contributed by atoms with Crippen LogP contribution in [0.1, 0.15) is 71.3 Å². The van der Waals surface area contributed by atoms with E-state index in [1.807, 2.05) is 12.4 Å². The van der Waals surface area contributed by atoms with E-state index in [1.165, 1.54) is 50.5 Å². The molecule has 2 N–H and O–H groups in total. The molecule has 3 heteroatoms. The molecule has 102 valence electrons. The van der Waals surface area contributed by atoms with E-state index >= 15 is 0 Å². The number of hydrogen-bond donors (Lipinski definition) is 1. The first-order chi connectivity index (χ1) is 8.62. The third kappa shape index (κ3) is 4.28. The van der Waals surface area contributed by atoms with Gasteiger partial charge in [-0.3, -0.25) is 0 Å². The Hall–Kier alpha value is -1.12. The molecule has 0 bridgehead atoms. The van der Waals surface area contributed by atoms with Gasteiger partial charge in [0, 0.05) is 12.4 Å². The Labute approximate surface area is 111 Å². The first kappa shape index (κ1) is 14.9. The number of anilines is 1. The number of nitrogen functional groups attached to an aromatic ring is 1. The Kier molecular flexibility index (Phi) is 6.10. The molecule has 1 rings (SSSR count). The summed E-state index contributed by atoms with van der Waals surface area (Å²) in [6.07, 6.45) is 12.6. The van der Waals surface area contributed by atoms with Crippen LogP contribution in [0, 0.1) is 0 Å². The Morgan fingerprint density at radius 1 is 1.00 bits per heavy atom. The number of nitrogens with two attached hydrogens (primary N) is 1. The van der Waals surface area contributed by atoms with Crippen molar-refractivity contribution >= 4 is 5.95 Å². The van der Waals surface area contributed by atoms with Gasteiger partial charge in [0.25, 0.3) is 0 Å². The minimum absolute atomic E-state index is 0.205. The molecule has 18 heavy (non-hydrogen) atoms. The highest BCUT2D eigenvalue weighted by atomic mass is 15.0. The SMILES string of the molecule is CCCCCCC(C)(CCC)c1cnc(N)nc1. The van der Waals surface area contributed by atoms with Crippen molar-refractivity contribution in [3.05, 3.63) is 18.0 Å². The normalized spacial score (nSPS) is 14.4. The minimum atomic E-state index is 0.205. The molecule has 1 aromatic heterocycles. The molecular weight excluding hydrogens is 222 g/mol. The molecule has 1 aromatic rings. The average molecular weight is 249 g/mol. The lowest BCUT2D eigenvalue weighted by molar-refractivity contribution is 0.375. The molecule has 0 aliphatic heterocycles. The molecule has 0 radical (unpaired) electrons. The predicted molar refractivity (Wildman–Crippen MR) is 77.5 cm³/mol. The highest BCUT2D eigenvalue weighted by Crippen LogP contribution is 2.34. The van der Waals surface area contributed by atoms with Crippen molar-refractivity contribution in [1.29, 1.82) is 0 Å². The van der Waals surface area contributed by atoms with Gasteiger partial charge in [-0.1, -0.05) is 52.9 Å². The fraction of sp³-hybridized carbons (Fsp3) is 0.733. The third-order valence-corrected chi connectivity index (χ3v) is 3.75. The van der Waals surface area contributed by atoms with Gasteiger partial charge in [0.1, 0.15) is 0 Å². The largest absolute Gasteiger partial charge is 0.368 e. The van der Waals surface area contributed by atoms with Crippen LogP contribution < -0.4 is 5.73 Å². The lowest BCUT2D eigenvalue weighted by Crippen LogP contribution is -2.22. The summed E-state index contributed by atoms with van der Waals surface area (Å²) in [6, 6.07) is 0. The van der Waals surface area contributed by atoms with E-state index in [9.17, 15) is 0 Å². The number of aromatic nitrogens is 2. The van der Waals surface area contributed by atoms with Crippen molar-refractivity contribution in [3.63, 3.8) is 0 Å². The van der Waals surface area contributed by atoms with E-state index in [4.69, 9.17) is 5.73 Å². The van der Waals surface area contributed by atoms with E-state index < -0.39 is 0 Å². The van der Waals surface area contributed by atoms with Crippen LogP contribution in [-0.2, 0) is 5.41 Å². The average Bonchev–Trinajstić information content (AvgIpc) is 2.36. The zero-order valence-corrected chi connectivity index (χ0v) is 12.1. The Bertz CT molecular complexity index is 334. The molecule has 3 nitrogen and oxygen atoms in total. The van der Waals surface area contributed by atoms with Crippen molar-refractivity contribution in [3.8, 4) is 0 Å². The molecule has 1 heterocycles. The van der Waals surface area contributed by atoms with Gasteiger partial charge < -0.3 is 5.73 Å². The molecule has 0 aromatic carbocycles. The summed E-state index contributed by atoms with van der Waals surface area (Å²) in [7, 11) is 0. The van der Waals surface area contributed by atoms with Crippen LogP contribution in [0.15, 0.2) is 12.4 Å². The smallest absolute Gasteiger partial charge is 0.219 e. The van der Waals surface area contributed by atoms with Crippen molar-refractivity contribution in [2.24, 2.45) is 0 Å². The maximum Gasteiger partial charge on any atom is 0.219 e. The van der Waals surface area contributed by atoms with Gasteiger partial charge in [-0.05, 0) is 23.8 Å². The summed E-state index contributed by atoms with van der Waals surface area (Å²) in [5, 5.41) is 0. The number of hydrogen-bond acceptors (Lipinski definition) is 3. The van der Waals surface area contributed by atoms with Gasteiger partial charge >= 0.3 is 0 Å². The van der Waals surface area contributed by atoms with Crippen LogP contribution in [0.2, 0.25) is 0 Å². The third-order valence-electron chi connectivity index (χ3n) is 3.75. The summed E-state index contributed by atoms with van der Waals surface area (Å²) in [6.45, 7) is 6.82. The Balaban J connectivity index is 2.69. The first-order valence-electron chi connectivity index (χ1n) is 7.20. The first-order valence-corrected chi connectivity index (χ1v) is 7.20. The lowest BCUT2D eigenvalue weighted by Gasteiger charge is -2.29. The second-order valence-electron chi connectivity index (χ2n) is 5.45.